The number of aryl methyl sites for hydroxylation is 1. The average Bonchev–Trinajstić information content (AvgIpc) is 3.21. The van der Waals surface area contributed by atoms with Crippen LogP contribution in [-0.2, 0) is 11.3 Å². The number of carbonyl (C=O) groups is 1. The molecule has 2 aromatic carbocycles. The van der Waals surface area contributed by atoms with Gasteiger partial charge in [0.1, 0.15) is 17.4 Å². The van der Waals surface area contributed by atoms with E-state index in [-0.39, 0.29) is 18.5 Å². The van der Waals surface area contributed by atoms with Crippen molar-refractivity contribution >= 4 is 16.9 Å². The highest BCUT2D eigenvalue weighted by Gasteiger charge is 2.26. The Kier molecular flexibility index (Phi) is 7.67. The first-order chi connectivity index (χ1) is 17.5. The van der Waals surface area contributed by atoms with E-state index in [0.717, 1.165) is 40.9 Å². The predicted molar refractivity (Wildman–Crippen MR) is 140 cm³/mol. The molecule has 2 heterocycles. The number of carbonyl (C=O) groups excluding carboxylic acids is 1. The van der Waals surface area contributed by atoms with Crippen molar-refractivity contribution in [2.45, 2.75) is 34.2 Å². The van der Waals surface area contributed by atoms with Gasteiger partial charge in [-0.3, -0.25) is 4.90 Å². The van der Waals surface area contributed by atoms with E-state index < -0.39 is 0 Å². The van der Waals surface area contributed by atoms with Crippen molar-refractivity contribution in [3.8, 4) is 23.4 Å². The van der Waals surface area contributed by atoms with Gasteiger partial charge in [-0.15, -0.1) is 0 Å². The van der Waals surface area contributed by atoms with E-state index in [0.29, 0.717) is 23.4 Å². The fourth-order valence-electron chi connectivity index (χ4n) is 4.28. The van der Waals surface area contributed by atoms with Crippen molar-refractivity contribution in [2.75, 3.05) is 19.7 Å². The summed E-state index contributed by atoms with van der Waals surface area (Å²) in [5.74, 6) is 0.334. The lowest BCUT2D eigenvalue weighted by Gasteiger charge is -2.21. The molecule has 0 amide bonds. The molecule has 0 bridgehead atoms. The van der Waals surface area contributed by atoms with E-state index in [4.69, 9.17) is 9.47 Å². The number of benzene rings is 2. The molecule has 0 spiro atoms. The number of esters is 1. The Hall–Kier alpha value is -4.15. The number of aromatic nitrogens is 2. The second kappa shape index (κ2) is 11.1. The van der Waals surface area contributed by atoms with Gasteiger partial charge in [-0.05, 0) is 69.4 Å². The summed E-state index contributed by atoms with van der Waals surface area (Å²) in [7, 11) is 0. The standard InChI is InChI=1S/C29H30N4O3/c1-5-32(6-2)19-26-27(29(34)35-7-3)24-17-23(36-28-21(18-30)9-8-16-31-28)14-15-25(24)33(26)22-12-10-20(4)11-13-22/h8-17H,5-7,19H2,1-4H3. The highest BCUT2D eigenvalue weighted by molar-refractivity contribution is 6.07. The maximum absolute atomic E-state index is 13.4. The maximum atomic E-state index is 13.4. The number of fused-ring (bicyclic) bond motifs is 1. The van der Waals surface area contributed by atoms with Gasteiger partial charge >= 0.3 is 5.97 Å². The van der Waals surface area contributed by atoms with Crippen molar-refractivity contribution in [3.05, 3.63) is 83.2 Å². The number of pyridine rings is 1. The van der Waals surface area contributed by atoms with Crippen molar-refractivity contribution in [3.63, 3.8) is 0 Å². The molecule has 0 unspecified atom stereocenters. The first-order valence-electron chi connectivity index (χ1n) is 12.2. The highest BCUT2D eigenvalue weighted by Crippen LogP contribution is 2.35. The van der Waals surface area contributed by atoms with Crippen LogP contribution < -0.4 is 4.74 Å². The molecule has 0 atom stereocenters. The van der Waals surface area contributed by atoms with Gasteiger partial charge in [0.25, 0.3) is 0 Å². The smallest absolute Gasteiger partial charge is 0.340 e. The topological polar surface area (TPSA) is 80.4 Å². The Balaban J connectivity index is 1.96. The first kappa shape index (κ1) is 25.0. The predicted octanol–water partition coefficient (Wildman–Crippen LogP) is 6.02. The zero-order valence-corrected chi connectivity index (χ0v) is 21.1. The summed E-state index contributed by atoms with van der Waals surface area (Å²) in [5, 5.41) is 10.1. The summed E-state index contributed by atoms with van der Waals surface area (Å²) in [4.78, 5) is 19.8. The third-order valence-corrected chi connectivity index (χ3v) is 6.18. The third kappa shape index (κ3) is 4.95. The highest BCUT2D eigenvalue weighted by atomic mass is 16.5. The van der Waals surface area contributed by atoms with Gasteiger partial charge in [-0.1, -0.05) is 31.5 Å². The average molecular weight is 483 g/mol. The van der Waals surface area contributed by atoms with Crippen LogP contribution in [0.2, 0.25) is 0 Å². The number of hydrogen-bond donors (Lipinski definition) is 0. The monoisotopic (exact) mass is 482 g/mol. The Morgan fingerprint density at radius 3 is 2.50 bits per heavy atom. The Morgan fingerprint density at radius 1 is 1.08 bits per heavy atom. The number of rotatable bonds is 9. The summed E-state index contributed by atoms with van der Waals surface area (Å²) in [6, 6.07) is 19.3. The molecule has 0 N–H and O–H groups in total. The summed E-state index contributed by atoms with van der Waals surface area (Å²) in [5.41, 5.74) is 4.72. The van der Waals surface area contributed by atoms with Gasteiger partial charge in [0.15, 0.2) is 0 Å². The molecule has 0 saturated heterocycles. The summed E-state index contributed by atoms with van der Waals surface area (Å²) < 4.78 is 13.6. The Morgan fingerprint density at radius 2 is 1.83 bits per heavy atom. The van der Waals surface area contributed by atoms with Crippen molar-refractivity contribution < 1.29 is 14.3 Å². The SMILES string of the molecule is CCOC(=O)c1c(CN(CC)CC)n(-c2ccc(C)cc2)c2ccc(Oc3ncccc3C#N)cc12. The lowest BCUT2D eigenvalue weighted by molar-refractivity contribution is 0.0526. The third-order valence-electron chi connectivity index (χ3n) is 6.18. The van der Waals surface area contributed by atoms with Gasteiger partial charge in [0, 0.05) is 23.8 Å². The second-order valence-electron chi connectivity index (χ2n) is 8.42. The molecule has 7 heteroatoms. The summed E-state index contributed by atoms with van der Waals surface area (Å²) in [6.45, 7) is 10.6. The lowest BCUT2D eigenvalue weighted by Crippen LogP contribution is -2.25. The molecular weight excluding hydrogens is 452 g/mol. The Bertz CT molecular complexity index is 1410. The van der Waals surface area contributed by atoms with Gasteiger partial charge in [0.05, 0.1) is 23.4 Å². The van der Waals surface area contributed by atoms with Crippen molar-refractivity contribution in [1.29, 1.82) is 5.26 Å². The number of hydrogen-bond acceptors (Lipinski definition) is 6. The normalized spacial score (nSPS) is 11.0. The molecule has 2 aromatic heterocycles. The number of nitrogens with zero attached hydrogens (tertiary/aromatic N) is 4. The zero-order valence-electron chi connectivity index (χ0n) is 21.1. The van der Waals surface area contributed by atoms with Gasteiger partial charge in [-0.25, -0.2) is 9.78 Å². The zero-order chi connectivity index (χ0) is 25.7. The lowest BCUT2D eigenvalue weighted by atomic mass is 10.1. The molecule has 4 aromatic rings. The largest absolute Gasteiger partial charge is 0.462 e. The van der Waals surface area contributed by atoms with Gasteiger partial charge in [0.2, 0.25) is 5.88 Å². The maximum Gasteiger partial charge on any atom is 0.340 e. The minimum Gasteiger partial charge on any atom is -0.462 e. The van der Waals surface area contributed by atoms with Crippen LogP contribution in [0.15, 0.2) is 60.8 Å². The Labute approximate surface area is 211 Å². The van der Waals surface area contributed by atoms with Crippen LogP contribution in [0.5, 0.6) is 11.6 Å². The van der Waals surface area contributed by atoms with Crippen molar-refractivity contribution in [2.24, 2.45) is 0 Å². The minimum absolute atomic E-state index is 0.221. The first-order valence-corrected chi connectivity index (χ1v) is 12.2. The van der Waals surface area contributed by atoms with E-state index in [2.05, 4.69) is 65.6 Å². The van der Waals surface area contributed by atoms with Crippen LogP contribution in [0, 0.1) is 18.3 Å². The van der Waals surface area contributed by atoms with Crippen LogP contribution in [0.1, 0.15) is 48.0 Å². The van der Waals surface area contributed by atoms with Crippen LogP contribution in [0.4, 0.5) is 0 Å². The molecular formula is C29H30N4O3. The molecule has 0 fully saturated rings. The van der Waals surface area contributed by atoms with Crippen LogP contribution in [-0.4, -0.2) is 40.1 Å². The van der Waals surface area contributed by atoms with Gasteiger partial charge in [-0.2, -0.15) is 5.26 Å². The van der Waals surface area contributed by atoms with E-state index in [1.165, 1.54) is 0 Å². The van der Waals surface area contributed by atoms with E-state index in [9.17, 15) is 10.1 Å². The summed E-state index contributed by atoms with van der Waals surface area (Å²) in [6.07, 6.45) is 1.58. The minimum atomic E-state index is -0.372. The van der Waals surface area contributed by atoms with Crippen LogP contribution in [0.3, 0.4) is 0 Å². The molecule has 4 rings (SSSR count). The molecule has 0 aliphatic rings. The van der Waals surface area contributed by atoms with Crippen LogP contribution in [0.25, 0.3) is 16.6 Å². The fourth-order valence-corrected chi connectivity index (χ4v) is 4.28. The molecule has 0 aliphatic heterocycles. The van der Waals surface area contributed by atoms with E-state index >= 15 is 0 Å². The molecule has 184 valence electrons. The van der Waals surface area contributed by atoms with Gasteiger partial charge < -0.3 is 14.0 Å². The quantitative estimate of drug-likeness (QED) is 0.272. The summed E-state index contributed by atoms with van der Waals surface area (Å²) >= 11 is 0. The second-order valence-corrected chi connectivity index (χ2v) is 8.42. The number of nitriles is 1. The molecule has 7 nitrogen and oxygen atoms in total. The molecule has 0 aliphatic carbocycles. The van der Waals surface area contributed by atoms with Crippen molar-refractivity contribution in [1.82, 2.24) is 14.5 Å². The fraction of sp³-hybridized carbons (Fsp3) is 0.276. The van der Waals surface area contributed by atoms with E-state index in [1.54, 1.807) is 25.3 Å². The van der Waals surface area contributed by atoms with E-state index in [1.807, 2.05) is 18.2 Å². The number of ether oxygens (including phenoxy) is 2. The van der Waals surface area contributed by atoms with Crippen LogP contribution >= 0.6 is 0 Å². The molecule has 0 radical (unpaired) electrons. The molecule has 36 heavy (non-hydrogen) atoms. The molecule has 0 saturated carbocycles.